The van der Waals surface area contributed by atoms with Crippen LogP contribution in [0.15, 0.2) is 30.5 Å². The largest absolute Gasteiger partial charge is 0.329 e. The molecule has 0 fully saturated rings. The predicted molar refractivity (Wildman–Crippen MR) is 71.0 cm³/mol. The molecule has 88 valence electrons. The molecule has 0 spiro atoms. The van der Waals surface area contributed by atoms with E-state index in [0.717, 1.165) is 17.1 Å². The number of hydrogen-bond acceptors (Lipinski definition) is 3. The van der Waals surface area contributed by atoms with Crippen LogP contribution in [0.2, 0.25) is 5.28 Å². The Balaban J connectivity index is 2.47. The second-order valence-corrected chi connectivity index (χ2v) is 4.33. The Bertz CT molecular complexity index is 540. The second-order valence-electron chi connectivity index (χ2n) is 3.99. The molecule has 0 radical (unpaired) electrons. The quantitative estimate of drug-likeness (QED) is 0.761. The zero-order chi connectivity index (χ0) is 12.4. The molecule has 2 aromatic rings. The van der Waals surface area contributed by atoms with E-state index in [0.29, 0.717) is 0 Å². The van der Waals surface area contributed by atoms with E-state index in [1.165, 1.54) is 5.56 Å². The molecule has 1 heterocycles. The first kappa shape index (κ1) is 11.9. The SMILES string of the molecule is Cc1ccccc1N(C)c1nc(Cl)ncc1C. The molecule has 0 saturated carbocycles. The third-order valence-corrected chi connectivity index (χ3v) is 2.89. The Morgan fingerprint density at radius 2 is 1.82 bits per heavy atom. The summed E-state index contributed by atoms with van der Waals surface area (Å²) in [6.45, 7) is 4.05. The van der Waals surface area contributed by atoms with Crippen LogP contribution in [0.3, 0.4) is 0 Å². The molecule has 0 unspecified atom stereocenters. The molecule has 0 amide bonds. The number of para-hydroxylation sites is 1. The normalized spacial score (nSPS) is 10.4. The van der Waals surface area contributed by atoms with Crippen molar-refractivity contribution < 1.29 is 0 Å². The van der Waals surface area contributed by atoms with Crippen LogP contribution in [-0.2, 0) is 0 Å². The van der Waals surface area contributed by atoms with Gasteiger partial charge in [0, 0.05) is 24.5 Å². The van der Waals surface area contributed by atoms with Gasteiger partial charge in [-0.3, -0.25) is 0 Å². The average Bonchev–Trinajstić information content (AvgIpc) is 2.32. The van der Waals surface area contributed by atoms with Gasteiger partial charge >= 0.3 is 0 Å². The molecule has 1 aromatic carbocycles. The van der Waals surface area contributed by atoms with E-state index in [-0.39, 0.29) is 5.28 Å². The van der Waals surface area contributed by atoms with Crippen molar-refractivity contribution in [2.75, 3.05) is 11.9 Å². The summed E-state index contributed by atoms with van der Waals surface area (Å²) >= 11 is 5.84. The first-order valence-electron chi connectivity index (χ1n) is 5.38. The monoisotopic (exact) mass is 247 g/mol. The van der Waals surface area contributed by atoms with E-state index in [1.54, 1.807) is 6.20 Å². The average molecular weight is 248 g/mol. The van der Waals surface area contributed by atoms with E-state index < -0.39 is 0 Å². The number of aryl methyl sites for hydroxylation is 2. The van der Waals surface area contributed by atoms with Crippen molar-refractivity contribution in [2.24, 2.45) is 0 Å². The molecule has 0 aliphatic carbocycles. The Morgan fingerprint density at radius 3 is 2.53 bits per heavy atom. The molecule has 0 N–H and O–H groups in total. The van der Waals surface area contributed by atoms with Gasteiger partial charge in [-0.25, -0.2) is 4.98 Å². The van der Waals surface area contributed by atoms with Gasteiger partial charge in [-0.05, 0) is 37.1 Å². The minimum atomic E-state index is 0.269. The van der Waals surface area contributed by atoms with E-state index in [4.69, 9.17) is 11.6 Å². The molecular formula is C13H14ClN3. The number of nitrogens with zero attached hydrogens (tertiary/aromatic N) is 3. The van der Waals surface area contributed by atoms with Crippen LogP contribution >= 0.6 is 11.6 Å². The molecule has 2 rings (SSSR count). The highest BCUT2D eigenvalue weighted by atomic mass is 35.5. The molecule has 0 bridgehead atoms. The third-order valence-electron chi connectivity index (χ3n) is 2.71. The zero-order valence-electron chi connectivity index (χ0n) is 10.1. The molecule has 0 atom stereocenters. The highest BCUT2D eigenvalue weighted by molar-refractivity contribution is 6.28. The number of rotatable bonds is 2. The summed E-state index contributed by atoms with van der Waals surface area (Å²) in [6.07, 6.45) is 1.74. The molecule has 1 aromatic heterocycles. The van der Waals surface area contributed by atoms with E-state index >= 15 is 0 Å². The summed E-state index contributed by atoms with van der Waals surface area (Å²) in [6, 6.07) is 8.16. The zero-order valence-corrected chi connectivity index (χ0v) is 10.9. The lowest BCUT2D eigenvalue weighted by Crippen LogP contribution is -2.14. The molecule has 0 saturated heterocycles. The van der Waals surface area contributed by atoms with E-state index in [2.05, 4.69) is 29.0 Å². The molecule has 4 heteroatoms. The number of halogens is 1. The van der Waals surface area contributed by atoms with Crippen molar-refractivity contribution in [3.05, 3.63) is 46.9 Å². The van der Waals surface area contributed by atoms with Crippen LogP contribution in [0, 0.1) is 13.8 Å². The number of anilines is 2. The fourth-order valence-electron chi connectivity index (χ4n) is 1.81. The summed E-state index contributed by atoms with van der Waals surface area (Å²) in [7, 11) is 1.98. The topological polar surface area (TPSA) is 29.0 Å². The fraction of sp³-hybridized carbons (Fsp3) is 0.231. The van der Waals surface area contributed by atoms with Gasteiger partial charge in [-0.1, -0.05) is 18.2 Å². The maximum atomic E-state index is 5.84. The van der Waals surface area contributed by atoms with Crippen molar-refractivity contribution >= 4 is 23.1 Å². The summed E-state index contributed by atoms with van der Waals surface area (Å²) in [5.74, 6) is 0.833. The highest BCUT2D eigenvalue weighted by Gasteiger charge is 2.11. The van der Waals surface area contributed by atoms with Gasteiger partial charge in [0.1, 0.15) is 5.82 Å². The Hall–Kier alpha value is -1.61. The second kappa shape index (κ2) is 4.72. The predicted octanol–water partition coefficient (Wildman–Crippen LogP) is 3.51. The van der Waals surface area contributed by atoms with Gasteiger partial charge in [0.15, 0.2) is 0 Å². The number of aromatic nitrogens is 2. The van der Waals surface area contributed by atoms with Crippen molar-refractivity contribution in [2.45, 2.75) is 13.8 Å². The van der Waals surface area contributed by atoms with Gasteiger partial charge in [0.25, 0.3) is 0 Å². The summed E-state index contributed by atoms with van der Waals surface area (Å²) < 4.78 is 0. The van der Waals surface area contributed by atoms with Gasteiger partial charge in [-0.2, -0.15) is 4.98 Å². The number of benzene rings is 1. The van der Waals surface area contributed by atoms with Crippen molar-refractivity contribution in [1.82, 2.24) is 9.97 Å². The van der Waals surface area contributed by atoms with Crippen LogP contribution in [0.1, 0.15) is 11.1 Å². The molecule has 17 heavy (non-hydrogen) atoms. The fourth-order valence-corrected chi connectivity index (χ4v) is 1.93. The minimum absolute atomic E-state index is 0.269. The van der Waals surface area contributed by atoms with Crippen molar-refractivity contribution in [3.63, 3.8) is 0 Å². The lowest BCUT2D eigenvalue weighted by molar-refractivity contribution is 1.05. The summed E-state index contributed by atoms with van der Waals surface area (Å²) in [4.78, 5) is 10.3. The Kier molecular flexibility index (Phi) is 3.29. The van der Waals surface area contributed by atoms with E-state index in [1.807, 2.05) is 31.0 Å². The molecular weight excluding hydrogens is 234 g/mol. The van der Waals surface area contributed by atoms with Gasteiger partial charge < -0.3 is 4.90 Å². The van der Waals surface area contributed by atoms with Crippen LogP contribution in [0.4, 0.5) is 11.5 Å². The Labute approximate surface area is 106 Å². The van der Waals surface area contributed by atoms with Crippen LogP contribution < -0.4 is 4.90 Å². The summed E-state index contributed by atoms with van der Waals surface area (Å²) in [5.41, 5.74) is 3.31. The lowest BCUT2D eigenvalue weighted by Gasteiger charge is -2.21. The smallest absolute Gasteiger partial charge is 0.224 e. The van der Waals surface area contributed by atoms with Gasteiger partial charge in [0.2, 0.25) is 5.28 Å². The molecule has 0 aliphatic heterocycles. The van der Waals surface area contributed by atoms with Crippen LogP contribution in [0.5, 0.6) is 0 Å². The molecule has 0 aliphatic rings. The lowest BCUT2D eigenvalue weighted by atomic mass is 10.2. The van der Waals surface area contributed by atoms with Gasteiger partial charge in [-0.15, -0.1) is 0 Å². The molecule has 3 nitrogen and oxygen atoms in total. The van der Waals surface area contributed by atoms with Crippen LogP contribution in [0.25, 0.3) is 0 Å². The Morgan fingerprint density at radius 1 is 1.12 bits per heavy atom. The first-order valence-corrected chi connectivity index (χ1v) is 5.76. The minimum Gasteiger partial charge on any atom is -0.329 e. The third kappa shape index (κ3) is 2.39. The number of hydrogen-bond donors (Lipinski definition) is 0. The van der Waals surface area contributed by atoms with Crippen LogP contribution in [-0.4, -0.2) is 17.0 Å². The van der Waals surface area contributed by atoms with E-state index in [9.17, 15) is 0 Å². The summed E-state index contributed by atoms with van der Waals surface area (Å²) in [5, 5.41) is 0.269. The first-order chi connectivity index (χ1) is 8.09. The van der Waals surface area contributed by atoms with Crippen molar-refractivity contribution in [3.8, 4) is 0 Å². The maximum absolute atomic E-state index is 5.84. The van der Waals surface area contributed by atoms with Crippen molar-refractivity contribution in [1.29, 1.82) is 0 Å². The maximum Gasteiger partial charge on any atom is 0.224 e. The standard InChI is InChI=1S/C13H14ClN3/c1-9-6-4-5-7-11(9)17(3)12-10(2)8-15-13(14)16-12/h4-8H,1-3H3. The highest BCUT2D eigenvalue weighted by Crippen LogP contribution is 2.27. The van der Waals surface area contributed by atoms with Gasteiger partial charge in [0.05, 0.1) is 0 Å².